The Bertz CT molecular complexity index is 804. The van der Waals surface area contributed by atoms with Crippen LogP contribution in [-0.2, 0) is 0 Å². The Morgan fingerprint density at radius 3 is 2.52 bits per heavy atom. The maximum absolute atomic E-state index is 11.7. The van der Waals surface area contributed by atoms with Gasteiger partial charge in [-0.05, 0) is 41.4 Å². The topological polar surface area (TPSA) is 103 Å². The highest BCUT2D eigenvalue weighted by Gasteiger charge is 2.05. The zero-order chi connectivity index (χ0) is 18.4. The summed E-state index contributed by atoms with van der Waals surface area (Å²) < 4.78 is 0. The summed E-state index contributed by atoms with van der Waals surface area (Å²) in [5.41, 5.74) is 4.52. The van der Waals surface area contributed by atoms with Crippen molar-refractivity contribution in [1.29, 1.82) is 0 Å². The number of rotatable bonds is 5. The molecule has 0 spiro atoms. The van der Waals surface area contributed by atoms with E-state index in [2.05, 4.69) is 29.7 Å². The normalized spacial score (nSPS) is 10.8. The third-order valence-corrected chi connectivity index (χ3v) is 3.60. The summed E-state index contributed by atoms with van der Waals surface area (Å²) in [6.45, 7) is 4.23. The number of benzene rings is 2. The number of hydrazone groups is 1. The molecule has 0 saturated carbocycles. The van der Waals surface area contributed by atoms with Crippen LogP contribution in [-0.4, -0.2) is 16.3 Å². The summed E-state index contributed by atoms with van der Waals surface area (Å²) in [6, 6.07) is 11.3. The van der Waals surface area contributed by atoms with Crippen LogP contribution in [0.3, 0.4) is 0 Å². The molecule has 0 fully saturated rings. The molecule has 2 rings (SSSR count). The van der Waals surface area contributed by atoms with Gasteiger partial charge in [-0.25, -0.2) is 0 Å². The Labute approximate surface area is 150 Å². The molecule has 2 aromatic carbocycles. The van der Waals surface area contributed by atoms with Crippen LogP contribution in [0.4, 0.5) is 11.4 Å². The van der Waals surface area contributed by atoms with E-state index in [0.717, 1.165) is 23.9 Å². The van der Waals surface area contributed by atoms with Crippen LogP contribution < -0.4 is 15.8 Å². The van der Waals surface area contributed by atoms with Gasteiger partial charge in [-0.15, -0.1) is 0 Å². The number of non-ortho nitro benzene ring substituents is 1. The first-order chi connectivity index (χ1) is 11.9. The number of thiocarbonyl (C=S) groups is 1. The number of hydrogen-bond donors (Lipinski definition) is 2. The van der Waals surface area contributed by atoms with E-state index in [4.69, 9.17) is 12.2 Å². The summed E-state index contributed by atoms with van der Waals surface area (Å²) in [5, 5.41) is 29.4. The molecule has 2 aromatic rings. The zero-order valence-corrected chi connectivity index (χ0v) is 14.5. The summed E-state index contributed by atoms with van der Waals surface area (Å²) in [4.78, 5) is 10.2. The third-order valence-electron chi connectivity index (χ3n) is 3.41. The molecule has 0 bridgehead atoms. The van der Waals surface area contributed by atoms with Crippen molar-refractivity contribution >= 4 is 34.9 Å². The molecule has 0 atom stereocenters. The average molecular weight is 357 g/mol. The lowest BCUT2D eigenvalue weighted by Crippen LogP contribution is -2.23. The standard InChI is InChI=1S/C17H18N4O3S/c1-11(2)12-3-5-14(6-4-12)19-17(25)20-18-10-13-9-15(21(23)24)7-8-16(13)22/h3-11,22H,1-2H3,(H2,19,20,25)/p-1/b18-10-. The summed E-state index contributed by atoms with van der Waals surface area (Å²) >= 11 is 5.11. The molecule has 0 aliphatic rings. The lowest BCUT2D eigenvalue weighted by atomic mass is 10.0. The minimum absolute atomic E-state index is 0.103. The summed E-state index contributed by atoms with van der Waals surface area (Å²) in [6.07, 6.45) is 1.20. The van der Waals surface area contributed by atoms with Crippen LogP contribution >= 0.6 is 12.2 Å². The molecule has 130 valence electrons. The Morgan fingerprint density at radius 1 is 1.24 bits per heavy atom. The van der Waals surface area contributed by atoms with Gasteiger partial charge in [0.1, 0.15) is 0 Å². The number of nitrogens with one attached hydrogen (secondary N) is 2. The van der Waals surface area contributed by atoms with Gasteiger partial charge in [0, 0.05) is 17.8 Å². The monoisotopic (exact) mass is 357 g/mol. The molecule has 0 saturated heterocycles. The van der Waals surface area contributed by atoms with Crippen molar-refractivity contribution in [2.45, 2.75) is 19.8 Å². The zero-order valence-electron chi connectivity index (χ0n) is 13.7. The molecule has 0 radical (unpaired) electrons. The Morgan fingerprint density at radius 2 is 1.92 bits per heavy atom. The van der Waals surface area contributed by atoms with E-state index < -0.39 is 4.92 Å². The highest BCUT2D eigenvalue weighted by atomic mass is 32.1. The van der Waals surface area contributed by atoms with Crippen molar-refractivity contribution in [3.8, 4) is 5.75 Å². The predicted octanol–water partition coefficient (Wildman–Crippen LogP) is 3.11. The fourth-order valence-corrected chi connectivity index (χ4v) is 2.19. The summed E-state index contributed by atoms with van der Waals surface area (Å²) in [5.74, 6) is 0.0826. The quantitative estimate of drug-likeness (QED) is 0.369. The van der Waals surface area contributed by atoms with Gasteiger partial charge in [0.15, 0.2) is 5.11 Å². The van der Waals surface area contributed by atoms with Gasteiger partial charge in [0.25, 0.3) is 5.69 Å². The van der Waals surface area contributed by atoms with Crippen molar-refractivity contribution in [3.63, 3.8) is 0 Å². The van der Waals surface area contributed by atoms with Crippen molar-refractivity contribution in [2.24, 2.45) is 5.10 Å². The predicted molar refractivity (Wildman–Crippen MR) is 100 cm³/mol. The van der Waals surface area contributed by atoms with Crippen molar-refractivity contribution in [3.05, 3.63) is 63.7 Å². The first-order valence-corrected chi connectivity index (χ1v) is 7.93. The van der Waals surface area contributed by atoms with E-state index >= 15 is 0 Å². The van der Waals surface area contributed by atoms with Gasteiger partial charge in [0.2, 0.25) is 0 Å². The lowest BCUT2D eigenvalue weighted by molar-refractivity contribution is -0.385. The van der Waals surface area contributed by atoms with E-state index in [9.17, 15) is 15.2 Å². The molecule has 0 aromatic heterocycles. The maximum atomic E-state index is 11.7. The van der Waals surface area contributed by atoms with E-state index in [-0.39, 0.29) is 22.1 Å². The van der Waals surface area contributed by atoms with Crippen LogP contribution in [0.1, 0.15) is 30.9 Å². The fraction of sp³-hybridized carbons (Fsp3) is 0.176. The molecule has 8 heteroatoms. The number of anilines is 1. The van der Waals surface area contributed by atoms with Gasteiger partial charge in [0.05, 0.1) is 11.1 Å². The van der Waals surface area contributed by atoms with Crippen LogP contribution in [0.15, 0.2) is 47.6 Å². The highest BCUT2D eigenvalue weighted by molar-refractivity contribution is 7.80. The third kappa shape index (κ3) is 5.25. The smallest absolute Gasteiger partial charge is 0.270 e. The van der Waals surface area contributed by atoms with E-state index in [0.29, 0.717) is 5.92 Å². The Hall–Kier alpha value is -3.00. The van der Waals surface area contributed by atoms with Crippen LogP contribution in [0, 0.1) is 10.1 Å². The SMILES string of the molecule is CC(C)c1ccc(NC(=S)N/N=C\c2cc([N+](=O)[O-])ccc2[O-])cc1. The first-order valence-electron chi connectivity index (χ1n) is 7.52. The minimum Gasteiger partial charge on any atom is -0.872 e. The Kier molecular flexibility index (Phi) is 6.02. The van der Waals surface area contributed by atoms with Crippen LogP contribution in [0.2, 0.25) is 0 Å². The second kappa shape index (κ2) is 8.20. The first kappa shape index (κ1) is 18.3. The number of nitrogens with zero attached hydrogens (tertiary/aromatic N) is 2. The molecule has 0 unspecified atom stereocenters. The molecule has 7 nitrogen and oxygen atoms in total. The largest absolute Gasteiger partial charge is 0.872 e. The summed E-state index contributed by atoms with van der Waals surface area (Å²) in [7, 11) is 0. The second-order valence-corrected chi connectivity index (χ2v) is 5.99. The van der Waals surface area contributed by atoms with E-state index in [1.807, 2.05) is 24.3 Å². The molecule has 0 heterocycles. The maximum Gasteiger partial charge on any atom is 0.270 e. The van der Waals surface area contributed by atoms with Gasteiger partial charge in [-0.1, -0.05) is 37.8 Å². The van der Waals surface area contributed by atoms with E-state index in [1.165, 1.54) is 11.8 Å². The van der Waals surface area contributed by atoms with Crippen LogP contribution in [0.5, 0.6) is 5.75 Å². The lowest BCUT2D eigenvalue weighted by Gasteiger charge is -2.10. The molecule has 2 N–H and O–H groups in total. The molecular formula is C17H17N4O3S-. The second-order valence-electron chi connectivity index (χ2n) is 5.58. The molecule has 25 heavy (non-hydrogen) atoms. The van der Waals surface area contributed by atoms with Crippen molar-refractivity contribution in [2.75, 3.05) is 5.32 Å². The van der Waals surface area contributed by atoms with E-state index in [1.54, 1.807) is 0 Å². The van der Waals surface area contributed by atoms with Gasteiger partial charge in [-0.3, -0.25) is 15.5 Å². The molecular weight excluding hydrogens is 340 g/mol. The molecule has 0 amide bonds. The van der Waals surface area contributed by atoms with Gasteiger partial charge >= 0.3 is 0 Å². The Balaban J connectivity index is 1.96. The number of hydrogen-bond acceptors (Lipinski definition) is 5. The number of nitro benzene ring substituents is 1. The molecule has 0 aliphatic heterocycles. The highest BCUT2D eigenvalue weighted by Crippen LogP contribution is 2.19. The van der Waals surface area contributed by atoms with Crippen LogP contribution in [0.25, 0.3) is 0 Å². The van der Waals surface area contributed by atoms with Crippen molar-refractivity contribution < 1.29 is 10.0 Å². The number of nitro groups is 1. The molecule has 0 aliphatic carbocycles. The van der Waals surface area contributed by atoms with Gasteiger partial charge < -0.3 is 10.4 Å². The fourth-order valence-electron chi connectivity index (χ4n) is 2.02. The average Bonchev–Trinajstić information content (AvgIpc) is 2.56. The van der Waals surface area contributed by atoms with Crippen molar-refractivity contribution in [1.82, 2.24) is 5.43 Å². The van der Waals surface area contributed by atoms with Gasteiger partial charge in [-0.2, -0.15) is 5.10 Å². The minimum atomic E-state index is -0.572.